The number of hydrogen-bond acceptors (Lipinski definition) is 2. The molecule has 0 unspecified atom stereocenters. The molecule has 0 bridgehead atoms. The Morgan fingerprint density at radius 1 is 1.43 bits per heavy atom. The van der Waals surface area contributed by atoms with Crippen LogP contribution in [0, 0.1) is 0 Å². The second-order valence-electron chi connectivity index (χ2n) is 3.43. The van der Waals surface area contributed by atoms with Gasteiger partial charge >= 0.3 is 11.3 Å². The summed E-state index contributed by atoms with van der Waals surface area (Å²) < 4.78 is 24.5. The topological polar surface area (TPSA) is 49.3 Å². The van der Waals surface area contributed by atoms with Crippen molar-refractivity contribution in [2.75, 3.05) is 0 Å². The van der Waals surface area contributed by atoms with Crippen LogP contribution in [0.1, 0.15) is 25.7 Å². The fourth-order valence-electron chi connectivity index (χ4n) is 1.53. The molecule has 82 valence electrons. The zero-order valence-corrected chi connectivity index (χ0v) is 8.23. The third kappa shape index (κ3) is 3.06. The summed E-state index contributed by atoms with van der Waals surface area (Å²) >= 11 is 4.52. The monoisotopic (exact) mass is 227 g/mol. The summed E-state index contributed by atoms with van der Waals surface area (Å²) in [5.41, 5.74) is 0. The van der Waals surface area contributed by atoms with Crippen LogP contribution in [0.5, 0.6) is 0 Å². The molecule has 0 heterocycles. The summed E-state index contributed by atoms with van der Waals surface area (Å²) in [5, 5.41) is 7.53. The fourth-order valence-corrected chi connectivity index (χ4v) is 1.58. The van der Waals surface area contributed by atoms with Gasteiger partial charge in [0.25, 0.3) is 0 Å². The van der Waals surface area contributed by atoms with Crippen LogP contribution in [0.25, 0.3) is 0 Å². The van der Waals surface area contributed by atoms with E-state index in [1.165, 1.54) is 0 Å². The van der Waals surface area contributed by atoms with E-state index in [0.29, 0.717) is 12.8 Å². The summed E-state index contributed by atoms with van der Waals surface area (Å²) in [6.07, 6.45) is 1.96. The molecule has 0 aliphatic heterocycles. The van der Waals surface area contributed by atoms with Crippen molar-refractivity contribution in [2.24, 2.45) is 0 Å². The molecule has 1 rings (SSSR count). The molecule has 6 heteroatoms. The SMILES string of the molecule is O=C(N[C@@H]1CCCC[C@@H]1O)C(F)(F)Cl. The second-order valence-corrected chi connectivity index (χ2v) is 3.90. The van der Waals surface area contributed by atoms with Gasteiger partial charge in [-0.1, -0.05) is 12.8 Å². The molecular formula is C8H12ClF2NO2. The summed E-state index contributed by atoms with van der Waals surface area (Å²) in [6, 6.07) is -0.596. The molecule has 0 aromatic rings. The minimum atomic E-state index is -3.89. The van der Waals surface area contributed by atoms with Crippen molar-refractivity contribution in [1.29, 1.82) is 0 Å². The molecule has 0 spiro atoms. The van der Waals surface area contributed by atoms with Crippen LogP contribution in [-0.2, 0) is 4.79 Å². The van der Waals surface area contributed by atoms with Gasteiger partial charge < -0.3 is 10.4 Å². The van der Waals surface area contributed by atoms with E-state index in [4.69, 9.17) is 0 Å². The molecule has 1 saturated carbocycles. The fraction of sp³-hybridized carbons (Fsp3) is 0.875. The van der Waals surface area contributed by atoms with Gasteiger partial charge in [-0.2, -0.15) is 8.78 Å². The highest BCUT2D eigenvalue weighted by Gasteiger charge is 2.38. The lowest BCUT2D eigenvalue weighted by Gasteiger charge is -2.28. The van der Waals surface area contributed by atoms with Crippen LogP contribution in [-0.4, -0.2) is 28.5 Å². The lowest BCUT2D eigenvalue weighted by atomic mass is 9.92. The normalized spacial score (nSPS) is 28.6. The summed E-state index contributed by atoms with van der Waals surface area (Å²) in [7, 11) is 0. The molecule has 0 aromatic heterocycles. The van der Waals surface area contributed by atoms with Crippen molar-refractivity contribution in [1.82, 2.24) is 5.32 Å². The zero-order chi connectivity index (χ0) is 10.8. The molecule has 3 nitrogen and oxygen atoms in total. The number of rotatable bonds is 2. The highest BCUT2D eigenvalue weighted by Crippen LogP contribution is 2.22. The highest BCUT2D eigenvalue weighted by molar-refractivity contribution is 6.32. The molecular weight excluding hydrogens is 216 g/mol. The van der Waals surface area contributed by atoms with Crippen molar-refractivity contribution in [3.05, 3.63) is 0 Å². The molecule has 14 heavy (non-hydrogen) atoms. The summed E-state index contributed by atoms with van der Waals surface area (Å²) in [5.74, 6) is -1.54. The van der Waals surface area contributed by atoms with Crippen LogP contribution in [0.3, 0.4) is 0 Å². The maximum absolute atomic E-state index is 12.3. The van der Waals surface area contributed by atoms with Gasteiger partial charge in [0, 0.05) is 0 Å². The largest absolute Gasteiger partial charge is 0.399 e. The lowest BCUT2D eigenvalue weighted by Crippen LogP contribution is -2.49. The van der Waals surface area contributed by atoms with Crippen molar-refractivity contribution in [3.63, 3.8) is 0 Å². The molecule has 1 aliphatic rings. The van der Waals surface area contributed by atoms with E-state index in [9.17, 15) is 18.7 Å². The Bertz CT molecular complexity index is 220. The van der Waals surface area contributed by atoms with Crippen molar-refractivity contribution in [2.45, 2.75) is 43.2 Å². The molecule has 2 N–H and O–H groups in total. The number of carbonyl (C=O) groups is 1. The first-order chi connectivity index (χ1) is 6.41. The molecule has 0 saturated heterocycles. The Morgan fingerprint density at radius 3 is 2.50 bits per heavy atom. The predicted molar refractivity (Wildman–Crippen MR) is 47.2 cm³/mol. The van der Waals surface area contributed by atoms with Gasteiger partial charge in [0.2, 0.25) is 0 Å². The van der Waals surface area contributed by atoms with Crippen molar-refractivity contribution >= 4 is 17.5 Å². The van der Waals surface area contributed by atoms with Crippen molar-refractivity contribution < 1.29 is 18.7 Å². The van der Waals surface area contributed by atoms with Crippen molar-refractivity contribution in [3.8, 4) is 0 Å². The molecule has 0 aromatic carbocycles. The van der Waals surface area contributed by atoms with E-state index in [0.717, 1.165) is 12.8 Å². The third-order valence-corrected chi connectivity index (χ3v) is 2.48. The van der Waals surface area contributed by atoms with E-state index >= 15 is 0 Å². The molecule has 0 radical (unpaired) electrons. The van der Waals surface area contributed by atoms with E-state index in [-0.39, 0.29) is 0 Å². The molecule has 1 fully saturated rings. The first-order valence-electron chi connectivity index (χ1n) is 4.47. The van der Waals surface area contributed by atoms with Crippen LogP contribution < -0.4 is 5.32 Å². The van der Waals surface area contributed by atoms with E-state index in [1.807, 2.05) is 5.32 Å². The maximum Gasteiger partial charge on any atom is 0.399 e. The van der Waals surface area contributed by atoms with Gasteiger partial charge in [0.1, 0.15) is 0 Å². The van der Waals surface area contributed by atoms with Crippen LogP contribution in [0.2, 0.25) is 0 Å². The number of amides is 1. The number of halogens is 3. The lowest BCUT2D eigenvalue weighted by molar-refractivity contribution is -0.137. The summed E-state index contributed by atoms with van der Waals surface area (Å²) in [4.78, 5) is 10.8. The van der Waals surface area contributed by atoms with Gasteiger partial charge in [-0.15, -0.1) is 0 Å². The second kappa shape index (κ2) is 4.40. The quantitative estimate of drug-likeness (QED) is 0.698. The standard InChI is InChI=1S/C8H12ClF2NO2/c9-8(10,11)7(14)12-5-3-1-2-4-6(5)13/h5-6,13H,1-4H2,(H,12,14)/t5-,6+/m1/s1. The first kappa shape index (κ1) is 11.7. The Labute approximate surface area is 85.4 Å². The maximum atomic E-state index is 12.3. The number of nitrogens with one attached hydrogen (secondary N) is 1. The highest BCUT2D eigenvalue weighted by atomic mass is 35.5. The van der Waals surface area contributed by atoms with E-state index in [2.05, 4.69) is 11.6 Å². The third-order valence-electron chi connectivity index (χ3n) is 2.30. The van der Waals surface area contributed by atoms with Crippen LogP contribution in [0.4, 0.5) is 8.78 Å². The average molecular weight is 228 g/mol. The van der Waals surface area contributed by atoms with Gasteiger partial charge in [-0.05, 0) is 24.4 Å². The van der Waals surface area contributed by atoms with Crippen LogP contribution >= 0.6 is 11.6 Å². The molecule has 1 aliphatic carbocycles. The number of hydrogen-bond donors (Lipinski definition) is 2. The number of aliphatic hydroxyl groups is 1. The molecule has 1 amide bonds. The minimum Gasteiger partial charge on any atom is -0.391 e. The first-order valence-corrected chi connectivity index (χ1v) is 4.85. The van der Waals surface area contributed by atoms with Gasteiger partial charge in [-0.25, -0.2) is 0 Å². The Morgan fingerprint density at radius 2 is 2.00 bits per heavy atom. The van der Waals surface area contributed by atoms with Gasteiger partial charge in [-0.3, -0.25) is 4.79 Å². The summed E-state index contributed by atoms with van der Waals surface area (Å²) in [6.45, 7) is 0. The smallest absolute Gasteiger partial charge is 0.391 e. The Kier molecular flexibility index (Phi) is 3.66. The minimum absolute atomic E-state index is 0.514. The number of alkyl halides is 3. The van der Waals surface area contributed by atoms with Gasteiger partial charge in [0.05, 0.1) is 12.1 Å². The zero-order valence-electron chi connectivity index (χ0n) is 7.47. The Hall–Kier alpha value is -0.420. The Balaban J connectivity index is 2.46. The predicted octanol–water partition coefficient (Wildman–Crippen LogP) is 1.24. The van der Waals surface area contributed by atoms with E-state index in [1.54, 1.807) is 0 Å². The number of aliphatic hydroxyl groups excluding tert-OH is 1. The molecule has 2 atom stereocenters. The number of carbonyl (C=O) groups excluding carboxylic acids is 1. The average Bonchev–Trinajstić information content (AvgIpc) is 2.07. The van der Waals surface area contributed by atoms with E-state index < -0.39 is 23.4 Å². The van der Waals surface area contributed by atoms with Crippen LogP contribution in [0.15, 0.2) is 0 Å². The van der Waals surface area contributed by atoms with Gasteiger partial charge in [0.15, 0.2) is 0 Å².